The lowest BCUT2D eigenvalue weighted by Gasteiger charge is -2.11. The number of rotatable bonds is 3. The van der Waals surface area contributed by atoms with Crippen LogP contribution in [0.1, 0.15) is 16.7 Å². The Balaban J connectivity index is 1.68. The summed E-state index contributed by atoms with van der Waals surface area (Å²) < 4.78 is 1.78. The van der Waals surface area contributed by atoms with Crippen molar-refractivity contribution in [2.75, 3.05) is 0 Å². The van der Waals surface area contributed by atoms with Crippen LogP contribution in [0, 0.1) is 11.8 Å². The Morgan fingerprint density at radius 1 is 0.926 bits per heavy atom. The third kappa shape index (κ3) is 3.60. The van der Waals surface area contributed by atoms with Crippen LogP contribution in [0.2, 0.25) is 0 Å². The van der Waals surface area contributed by atoms with E-state index >= 15 is 0 Å². The van der Waals surface area contributed by atoms with Gasteiger partial charge in [0.25, 0.3) is 0 Å². The Labute approximate surface area is 156 Å². The van der Waals surface area contributed by atoms with E-state index in [0.717, 1.165) is 16.5 Å². The van der Waals surface area contributed by atoms with Gasteiger partial charge < -0.3 is 14.8 Å². The van der Waals surface area contributed by atoms with Gasteiger partial charge in [-0.25, -0.2) is 0 Å². The fraction of sp³-hybridized carbons (Fsp3) is 0.0909. The predicted octanol–water partition coefficient (Wildman–Crippen LogP) is 3.49. The van der Waals surface area contributed by atoms with Crippen molar-refractivity contribution in [2.24, 2.45) is 0 Å². The predicted molar refractivity (Wildman–Crippen MR) is 103 cm³/mol. The van der Waals surface area contributed by atoms with E-state index in [-0.39, 0.29) is 11.5 Å². The summed E-state index contributed by atoms with van der Waals surface area (Å²) in [6.07, 6.45) is 3.68. The summed E-state index contributed by atoms with van der Waals surface area (Å²) in [4.78, 5) is 0. The van der Waals surface area contributed by atoms with Gasteiger partial charge in [0.1, 0.15) is 24.2 Å². The minimum absolute atomic E-state index is 0.0929. The van der Waals surface area contributed by atoms with Crippen LogP contribution in [-0.4, -0.2) is 25.0 Å². The molecule has 0 radical (unpaired) electrons. The van der Waals surface area contributed by atoms with Crippen molar-refractivity contribution in [3.05, 3.63) is 83.9 Å². The molecule has 27 heavy (non-hydrogen) atoms. The van der Waals surface area contributed by atoms with Gasteiger partial charge in [0, 0.05) is 22.9 Å². The molecule has 0 saturated carbocycles. The SMILES string of the molecule is Oc1cc2ccc(C#CCn3cnnc3)cc2c(O)c1Cc1ccccc1. The van der Waals surface area contributed by atoms with Crippen LogP contribution in [0.25, 0.3) is 10.8 Å². The average molecular weight is 355 g/mol. The molecule has 0 amide bonds. The van der Waals surface area contributed by atoms with Gasteiger partial charge >= 0.3 is 0 Å². The zero-order chi connectivity index (χ0) is 18.6. The van der Waals surface area contributed by atoms with E-state index < -0.39 is 0 Å². The molecule has 0 bridgehead atoms. The largest absolute Gasteiger partial charge is 0.507 e. The Morgan fingerprint density at radius 2 is 1.70 bits per heavy atom. The summed E-state index contributed by atoms with van der Waals surface area (Å²) in [5, 5.41) is 30.1. The van der Waals surface area contributed by atoms with E-state index in [0.29, 0.717) is 23.9 Å². The molecule has 0 aliphatic carbocycles. The first kappa shape index (κ1) is 16.7. The number of benzene rings is 3. The highest BCUT2D eigenvalue weighted by Crippen LogP contribution is 2.37. The first-order valence-corrected chi connectivity index (χ1v) is 8.53. The maximum Gasteiger partial charge on any atom is 0.130 e. The van der Waals surface area contributed by atoms with Crippen LogP contribution in [0.3, 0.4) is 0 Å². The molecule has 1 aromatic heterocycles. The Morgan fingerprint density at radius 3 is 2.48 bits per heavy atom. The number of hydrogen-bond donors (Lipinski definition) is 2. The molecule has 0 saturated heterocycles. The molecule has 5 heteroatoms. The zero-order valence-corrected chi connectivity index (χ0v) is 14.5. The van der Waals surface area contributed by atoms with Crippen molar-refractivity contribution in [2.45, 2.75) is 13.0 Å². The van der Waals surface area contributed by atoms with Crippen LogP contribution in [0.4, 0.5) is 0 Å². The topological polar surface area (TPSA) is 71.2 Å². The monoisotopic (exact) mass is 355 g/mol. The normalized spacial score (nSPS) is 10.5. The van der Waals surface area contributed by atoms with Crippen LogP contribution in [0.5, 0.6) is 11.5 Å². The highest BCUT2D eigenvalue weighted by molar-refractivity contribution is 5.92. The van der Waals surface area contributed by atoms with Gasteiger partial charge in [-0.3, -0.25) is 0 Å². The number of aromatic hydroxyl groups is 2. The molecule has 5 nitrogen and oxygen atoms in total. The van der Waals surface area contributed by atoms with Gasteiger partial charge in [-0.2, -0.15) is 0 Å². The third-order valence-electron chi connectivity index (χ3n) is 4.38. The number of phenolic OH excluding ortho intramolecular Hbond substituents is 2. The molecule has 0 atom stereocenters. The minimum atomic E-state index is 0.0929. The van der Waals surface area contributed by atoms with E-state index in [9.17, 15) is 10.2 Å². The van der Waals surface area contributed by atoms with Gasteiger partial charge in [-0.1, -0.05) is 48.2 Å². The Kier molecular flexibility index (Phi) is 4.46. The van der Waals surface area contributed by atoms with Gasteiger partial charge in [0.05, 0.1) is 6.54 Å². The number of nitrogens with zero attached hydrogens (tertiary/aromatic N) is 3. The molecule has 4 aromatic rings. The number of hydrogen-bond acceptors (Lipinski definition) is 4. The molecular weight excluding hydrogens is 338 g/mol. The molecule has 0 fully saturated rings. The molecule has 1 heterocycles. The van der Waals surface area contributed by atoms with Gasteiger partial charge in [0.15, 0.2) is 0 Å². The van der Waals surface area contributed by atoms with Crippen molar-refractivity contribution < 1.29 is 10.2 Å². The number of phenols is 2. The third-order valence-corrected chi connectivity index (χ3v) is 4.38. The van der Waals surface area contributed by atoms with Crippen LogP contribution < -0.4 is 0 Å². The van der Waals surface area contributed by atoms with E-state index in [2.05, 4.69) is 22.0 Å². The van der Waals surface area contributed by atoms with Crippen molar-refractivity contribution in [1.82, 2.24) is 14.8 Å². The van der Waals surface area contributed by atoms with E-state index in [1.165, 1.54) is 0 Å². The summed E-state index contributed by atoms with van der Waals surface area (Å²) in [6.45, 7) is 0.492. The summed E-state index contributed by atoms with van der Waals surface area (Å²) >= 11 is 0. The first-order chi connectivity index (χ1) is 13.2. The lowest BCUT2D eigenvalue weighted by Crippen LogP contribution is -1.92. The average Bonchev–Trinajstić information content (AvgIpc) is 3.20. The summed E-state index contributed by atoms with van der Waals surface area (Å²) in [6, 6.07) is 17.0. The van der Waals surface area contributed by atoms with Crippen molar-refractivity contribution in [3.8, 4) is 23.3 Å². The zero-order valence-electron chi connectivity index (χ0n) is 14.5. The Bertz CT molecular complexity index is 1140. The van der Waals surface area contributed by atoms with Crippen molar-refractivity contribution >= 4 is 10.8 Å². The standard InChI is InChI=1S/C22H17N3O2/c26-21-13-18-9-8-17(7-4-10-25-14-23-24-15-25)11-19(18)22(27)20(21)12-16-5-2-1-3-6-16/h1-3,5-6,8-9,11,13-15,26-27H,10,12H2. The molecule has 132 valence electrons. The van der Waals surface area contributed by atoms with Gasteiger partial charge in [0.2, 0.25) is 0 Å². The molecule has 0 aliphatic rings. The minimum Gasteiger partial charge on any atom is -0.507 e. The molecule has 0 aliphatic heterocycles. The Hall–Kier alpha value is -3.78. The van der Waals surface area contributed by atoms with Crippen molar-refractivity contribution in [3.63, 3.8) is 0 Å². The maximum atomic E-state index is 10.8. The molecule has 0 unspecified atom stereocenters. The highest BCUT2D eigenvalue weighted by Gasteiger charge is 2.13. The van der Waals surface area contributed by atoms with Crippen molar-refractivity contribution in [1.29, 1.82) is 0 Å². The number of fused-ring (bicyclic) bond motifs is 1. The van der Waals surface area contributed by atoms with E-state index in [1.807, 2.05) is 48.5 Å². The number of aromatic nitrogens is 3. The van der Waals surface area contributed by atoms with E-state index in [4.69, 9.17) is 0 Å². The molecular formula is C22H17N3O2. The fourth-order valence-corrected chi connectivity index (χ4v) is 2.99. The van der Waals surface area contributed by atoms with Crippen LogP contribution >= 0.6 is 0 Å². The van der Waals surface area contributed by atoms with Gasteiger partial charge in [-0.05, 0) is 29.1 Å². The molecule has 3 aromatic carbocycles. The molecule has 0 spiro atoms. The van der Waals surface area contributed by atoms with Crippen LogP contribution in [0.15, 0.2) is 67.3 Å². The molecule has 4 rings (SSSR count). The quantitative estimate of drug-likeness (QED) is 0.552. The second kappa shape index (κ2) is 7.22. The van der Waals surface area contributed by atoms with E-state index in [1.54, 1.807) is 23.3 Å². The molecule has 2 N–H and O–H groups in total. The second-order valence-electron chi connectivity index (χ2n) is 6.26. The summed E-state index contributed by atoms with van der Waals surface area (Å²) in [5.41, 5.74) is 2.33. The second-order valence-corrected chi connectivity index (χ2v) is 6.26. The first-order valence-electron chi connectivity index (χ1n) is 8.53. The van der Waals surface area contributed by atoms with Crippen LogP contribution in [-0.2, 0) is 13.0 Å². The fourth-order valence-electron chi connectivity index (χ4n) is 2.99. The lowest BCUT2D eigenvalue weighted by atomic mass is 9.97. The summed E-state index contributed by atoms with van der Waals surface area (Å²) in [7, 11) is 0. The smallest absolute Gasteiger partial charge is 0.130 e. The van der Waals surface area contributed by atoms with Gasteiger partial charge in [-0.15, -0.1) is 10.2 Å². The summed E-state index contributed by atoms with van der Waals surface area (Å²) in [5.74, 6) is 6.33. The lowest BCUT2D eigenvalue weighted by molar-refractivity contribution is 0.445. The maximum absolute atomic E-state index is 10.8. The highest BCUT2D eigenvalue weighted by atomic mass is 16.3.